The second-order valence-corrected chi connectivity index (χ2v) is 3.54. The number of nitrogens with zero attached hydrogens (tertiary/aromatic N) is 2. The highest BCUT2D eigenvalue weighted by molar-refractivity contribution is 6.31. The zero-order valence-corrected chi connectivity index (χ0v) is 9.23. The van der Waals surface area contributed by atoms with Gasteiger partial charge < -0.3 is 10.3 Å². The Balaban J connectivity index is 2.71. The summed E-state index contributed by atoms with van der Waals surface area (Å²) in [6, 6.07) is 0. The molecule has 4 nitrogen and oxygen atoms in total. The molecule has 0 fully saturated rings. The number of rotatable bonds is 2. The van der Waals surface area contributed by atoms with Crippen molar-refractivity contribution in [3.63, 3.8) is 0 Å². The molecule has 0 atom stereocenters. The van der Waals surface area contributed by atoms with Crippen LogP contribution in [0.1, 0.15) is 5.89 Å². The molecule has 2 rings (SSSR count). The summed E-state index contributed by atoms with van der Waals surface area (Å²) in [5.74, 6) is -7.67. The minimum Gasteiger partial charge on any atom is -0.338 e. The normalized spacial score (nSPS) is 11.0. The Kier molecular flexibility index (Phi) is 3.22. The van der Waals surface area contributed by atoms with Crippen molar-refractivity contribution in [2.45, 2.75) is 6.54 Å². The summed E-state index contributed by atoms with van der Waals surface area (Å²) in [4.78, 5) is 3.47. The minimum atomic E-state index is -1.73. The zero-order valence-electron chi connectivity index (χ0n) is 8.48. The fourth-order valence-electron chi connectivity index (χ4n) is 1.24. The van der Waals surface area contributed by atoms with E-state index < -0.39 is 39.7 Å². The maximum atomic E-state index is 13.5. The Morgan fingerprint density at radius 2 is 1.61 bits per heavy atom. The Morgan fingerprint density at radius 1 is 1.06 bits per heavy atom. The molecule has 2 aromatic rings. The van der Waals surface area contributed by atoms with E-state index in [1.54, 1.807) is 0 Å². The first-order valence-electron chi connectivity index (χ1n) is 4.51. The summed E-state index contributed by atoms with van der Waals surface area (Å²) in [5, 5.41) is 1.89. The van der Waals surface area contributed by atoms with Crippen LogP contribution in [-0.2, 0) is 6.54 Å². The first kappa shape index (κ1) is 12.8. The molecular weight excluding hydrogens is 278 g/mol. The largest absolute Gasteiger partial charge is 0.338 e. The lowest BCUT2D eigenvalue weighted by Gasteiger charge is -2.04. The number of benzene rings is 1. The molecule has 0 saturated carbocycles. The molecule has 9 heteroatoms. The van der Waals surface area contributed by atoms with Crippen LogP contribution in [0.4, 0.5) is 17.6 Å². The van der Waals surface area contributed by atoms with Crippen LogP contribution in [0.25, 0.3) is 11.4 Å². The van der Waals surface area contributed by atoms with E-state index in [0.717, 1.165) is 0 Å². The highest BCUT2D eigenvalue weighted by Crippen LogP contribution is 2.32. The van der Waals surface area contributed by atoms with Gasteiger partial charge in [-0.15, -0.1) is 0 Å². The SMILES string of the molecule is NCc1nc(-c2c(F)c(F)c(Cl)c(F)c2F)no1. The zero-order chi connectivity index (χ0) is 13.4. The molecule has 0 unspecified atom stereocenters. The number of aromatic nitrogens is 2. The average molecular weight is 282 g/mol. The van der Waals surface area contributed by atoms with Crippen LogP contribution in [0.2, 0.25) is 5.02 Å². The van der Waals surface area contributed by atoms with Crippen LogP contribution in [0, 0.1) is 23.3 Å². The lowest BCUT2D eigenvalue weighted by molar-refractivity contribution is 0.379. The molecule has 96 valence electrons. The van der Waals surface area contributed by atoms with Gasteiger partial charge in [0.1, 0.15) is 10.6 Å². The van der Waals surface area contributed by atoms with Gasteiger partial charge in [0.05, 0.1) is 6.54 Å². The van der Waals surface area contributed by atoms with Crippen molar-refractivity contribution in [1.29, 1.82) is 0 Å². The number of hydrogen-bond donors (Lipinski definition) is 1. The quantitative estimate of drug-likeness (QED) is 0.521. The highest BCUT2D eigenvalue weighted by Gasteiger charge is 2.28. The molecule has 0 aliphatic carbocycles. The van der Waals surface area contributed by atoms with Crippen molar-refractivity contribution < 1.29 is 22.1 Å². The van der Waals surface area contributed by atoms with Gasteiger partial charge in [-0.3, -0.25) is 0 Å². The molecule has 0 aliphatic rings. The van der Waals surface area contributed by atoms with E-state index in [9.17, 15) is 17.6 Å². The summed E-state index contributed by atoms with van der Waals surface area (Å²) < 4.78 is 57.8. The molecule has 0 spiro atoms. The molecule has 0 saturated heterocycles. The Hall–Kier alpha value is -1.67. The van der Waals surface area contributed by atoms with Crippen molar-refractivity contribution in [3.05, 3.63) is 34.2 Å². The smallest absolute Gasteiger partial charge is 0.240 e. The monoisotopic (exact) mass is 281 g/mol. The molecule has 0 aliphatic heterocycles. The molecule has 0 bridgehead atoms. The van der Waals surface area contributed by atoms with Crippen molar-refractivity contribution in [3.8, 4) is 11.4 Å². The predicted molar refractivity (Wildman–Crippen MR) is 52.5 cm³/mol. The van der Waals surface area contributed by atoms with Crippen LogP contribution in [0.5, 0.6) is 0 Å². The van der Waals surface area contributed by atoms with E-state index in [0.29, 0.717) is 0 Å². The maximum Gasteiger partial charge on any atom is 0.240 e. The van der Waals surface area contributed by atoms with Gasteiger partial charge in [-0.05, 0) is 0 Å². The predicted octanol–water partition coefficient (Wildman–Crippen LogP) is 2.41. The van der Waals surface area contributed by atoms with Gasteiger partial charge in [0.15, 0.2) is 23.3 Å². The average Bonchev–Trinajstić information content (AvgIpc) is 2.83. The van der Waals surface area contributed by atoms with Crippen LogP contribution in [0.3, 0.4) is 0 Å². The standard InChI is InChI=1S/C9H4ClF4N3O/c10-4-7(13)5(11)3(6(12)8(4)14)9-16-2(1-15)18-17-9/h1,15H2. The summed E-state index contributed by atoms with van der Waals surface area (Å²) >= 11 is 5.07. The third-order valence-electron chi connectivity index (χ3n) is 2.08. The molecule has 1 heterocycles. The maximum absolute atomic E-state index is 13.5. The van der Waals surface area contributed by atoms with Gasteiger partial charge in [-0.2, -0.15) is 4.98 Å². The van der Waals surface area contributed by atoms with Crippen molar-refractivity contribution in [1.82, 2.24) is 10.1 Å². The fourth-order valence-corrected chi connectivity index (χ4v) is 1.41. The third kappa shape index (κ3) is 1.83. The molecule has 1 aromatic carbocycles. The molecule has 18 heavy (non-hydrogen) atoms. The fraction of sp³-hybridized carbons (Fsp3) is 0.111. The molecule has 2 N–H and O–H groups in total. The first-order valence-corrected chi connectivity index (χ1v) is 4.89. The van der Waals surface area contributed by atoms with E-state index in [-0.39, 0.29) is 12.4 Å². The third-order valence-corrected chi connectivity index (χ3v) is 2.41. The first-order chi connectivity index (χ1) is 8.47. The van der Waals surface area contributed by atoms with E-state index >= 15 is 0 Å². The van der Waals surface area contributed by atoms with Crippen LogP contribution in [0.15, 0.2) is 4.52 Å². The Bertz CT molecular complexity index is 587. The van der Waals surface area contributed by atoms with Crippen molar-refractivity contribution in [2.75, 3.05) is 0 Å². The lowest BCUT2D eigenvalue weighted by atomic mass is 10.1. The van der Waals surface area contributed by atoms with E-state index in [2.05, 4.69) is 14.7 Å². The Morgan fingerprint density at radius 3 is 2.06 bits per heavy atom. The van der Waals surface area contributed by atoms with Gasteiger partial charge >= 0.3 is 0 Å². The van der Waals surface area contributed by atoms with Crippen molar-refractivity contribution in [2.24, 2.45) is 5.73 Å². The van der Waals surface area contributed by atoms with E-state index in [1.807, 2.05) is 0 Å². The summed E-state index contributed by atoms with van der Waals surface area (Å²) in [6.07, 6.45) is 0. The summed E-state index contributed by atoms with van der Waals surface area (Å²) in [5.41, 5.74) is 4.05. The molecular formula is C9H4ClF4N3O. The molecule has 1 aromatic heterocycles. The molecule has 0 amide bonds. The summed E-state index contributed by atoms with van der Waals surface area (Å²) in [7, 11) is 0. The van der Waals surface area contributed by atoms with Gasteiger partial charge in [0, 0.05) is 0 Å². The second kappa shape index (κ2) is 4.54. The minimum absolute atomic E-state index is 0.139. The highest BCUT2D eigenvalue weighted by atomic mass is 35.5. The Labute approximate surface area is 102 Å². The van der Waals surface area contributed by atoms with E-state index in [4.69, 9.17) is 17.3 Å². The van der Waals surface area contributed by atoms with Crippen LogP contribution in [-0.4, -0.2) is 10.1 Å². The molecule has 0 radical (unpaired) electrons. The van der Waals surface area contributed by atoms with Crippen LogP contribution >= 0.6 is 11.6 Å². The van der Waals surface area contributed by atoms with Gasteiger partial charge in [-0.25, -0.2) is 17.6 Å². The van der Waals surface area contributed by atoms with Gasteiger partial charge in [0.2, 0.25) is 11.7 Å². The number of hydrogen-bond acceptors (Lipinski definition) is 4. The lowest BCUT2D eigenvalue weighted by Crippen LogP contribution is -2.02. The van der Waals surface area contributed by atoms with Crippen LogP contribution < -0.4 is 5.73 Å². The number of halogens is 5. The summed E-state index contributed by atoms with van der Waals surface area (Å²) in [6.45, 7) is -0.186. The van der Waals surface area contributed by atoms with Crippen molar-refractivity contribution >= 4 is 11.6 Å². The van der Waals surface area contributed by atoms with Gasteiger partial charge in [-0.1, -0.05) is 16.8 Å². The van der Waals surface area contributed by atoms with E-state index in [1.165, 1.54) is 0 Å². The van der Waals surface area contributed by atoms with Gasteiger partial charge in [0.25, 0.3) is 0 Å². The number of nitrogens with two attached hydrogens (primary N) is 1. The second-order valence-electron chi connectivity index (χ2n) is 3.16. The topological polar surface area (TPSA) is 64.9 Å².